The Morgan fingerprint density at radius 3 is 2.80 bits per heavy atom. The predicted molar refractivity (Wildman–Crippen MR) is 80.6 cm³/mol. The molecule has 1 N–H and O–H groups in total. The largest absolute Gasteiger partial charge is 0.507 e. The van der Waals surface area contributed by atoms with Crippen molar-refractivity contribution in [2.75, 3.05) is 6.79 Å². The Balaban J connectivity index is 1.71. The van der Waals surface area contributed by atoms with E-state index in [1.165, 1.54) is 17.8 Å². The lowest BCUT2D eigenvalue weighted by atomic mass is 10.2. The summed E-state index contributed by atoms with van der Waals surface area (Å²) in [4.78, 5) is 0.756. The number of ether oxygens (including phenoxy) is 2. The Hall–Kier alpha value is -1.78. The summed E-state index contributed by atoms with van der Waals surface area (Å²) in [6.45, 7) is 0.274. The molecule has 0 fully saturated rings. The molecule has 3 rings (SSSR count). The molecule has 5 heteroatoms. The summed E-state index contributed by atoms with van der Waals surface area (Å²) >= 11 is 7.21. The zero-order chi connectivity index (χ0) is 13.9. The number of benzene rings is 2. The van der Waals surface area contributed by atoms with Crippen LogP contribution in [-0.2, 0) is 0 Å². The third-order valence-electron chi connectivity index (χ3n) is 2.77. The van der Waals surface area contributed by atoms with Gasteiger partial charge in [0.1, 0.15) is 5.75 Å². The summed E-state index contributed by atoms with van der Waals surface area (Å²) in [6.07, 6.45) is 1.95. The van der Waals surface area contributed by atoms with Crippen LogP contribution >= 0.6 is 23.4 Å². The highest BCUT2D eigenvalue weighted by Crippen LogP contribution is 2.34. The molecule has 1 aliphatic rings. The molecule has 2 aromatic rings. The molecular weight excluding hydrogens is 296 g/mol. The van der Waals surface area contributed by atoms with Crippen molar-refractivity contribution < 1.29 is 14.6 Å². The lowest BCUT2D eigenvalue weighted by Gasteiger charge is -2.01. The molecule has 0 spiro atoms. The molecule has 0 amide bonds. The first-order valence-electron chi connectivity index (χ1n) is 5.94. The number of fused-ring (bicyclic) bond motifs is 1. The van der Waals surface area contributed by atoms with Gasteiger partial charge in [0.15, 0.2) is 11.5 Å². The topological polar surface area (TPSA) is 38.7 Å². The van der Waals surface area contributed by atoms with Gasteiger partial charge in [0.05, 0.1) is 4.90 Å². The number of hydrogen-bond acceptors (Lipinski definition) is 4. The van der Waals surface area contributed by atoms with E-state index in [-0.39, 0.29) is 12.5 Å². The van der Waals surface area contributed by atoms with Gasteiger partial charge in [0.25, 0.3) is 0 Å². The molecule has 2 aromatic carbocycles. The highest BCUT2D eigenvalue weighted by Gasteiger charge is 2.12. The van der Waals surface area contributed by atoms with Crippen LogP contribution < -0.4 is 9.47 Å². The lowest BCUT2D eigenvalue weighted by Crippen LogP contribution is -1.92. The molecule has 3 nitrogen and oxygen atoms in total. The van der Waals surface area contributed by atoms with Gasteiger partial charge in [-0.2, -0.15) is 0 Å². The lowest BCUT2D eigenvalue weighted by molar-refractivity contribution is 0.174. The van der Waals surface area contributed by atoms with Crippen LogP contribution in [0.5, 0.6) is 17.2 Å². The number of phenols is 1. The molecule has 102 valence electrons. The normalized spacial score (nSPS) is 13.1. The third-order valence-corrected chi connectivity index (χ3v) is 3.88. The maximum Gasteiger partial charge on any atom is 0.231 e. The third kappa shape index (κ3) is 2.86. The Morgan fingerprint density at radius 1 is 1.10 bits per heavy atom. The van der Waals surface area contributed by atoms with Gasteiger partial charge in [0.2, 0.25) is 6.79 Å². The van der Waals surface area contributed by atoms with Gasteiger partial charge in [-0.25, -0.2) is 0 Å². The Labute approximate surface area is 125 Å². The van der Waals surface area contributed by atoms with Crippen LogP contribution in [0.2, 0.25) is 5.02 Å². The molecule has 0 aromatic heterocycles. The standard InChI is InChI=1S/C15H11ClO3S/c16-11-2-4-15(12(17)8-11)20-6-5-10-1-3-13-14(7-10)19-9-18-13/h1-8,17H,9H2/b6-5+. The molecule has 0 aliphatic carbocycles. The van der Waals surface area contributed by atoms with Crippen molar-refractivity contribution in [1.82, 2.24) is 0 Å². The van der Waals surface area contributed by atoms with Gasteiger partial charge < -0.3 is 14.6 Å². The highest BCUT2D eigenvalue weighted by atomic mass is 35.5. The fourth-order valence-electron chi connectivity index (χ4n) is 1.79. The zero-order valence-corrected chi connectivity index (χ0v) is 11.9. The molecule has 0 bridgehead atoms. The van der Waals surface area contributed by atoms with Crippen LogP contribution in [0.3, 0.4) is 0 Å². The molecule has 0 atom stereocenters. The van der Waals surface area contributed by atoms with E-state index in [9.17, 15) is 5.11 Å². The minimum absolute atomic E-state index is 0.179. The summed E-state index contributed by atoms with van der Waals surface area (Å²) in [5, 5.41) is 12.2. The first-order chi connectivity index (χ1) is 9.72. The summed E-state index contributed by atoms with van der Waals surface area (Å²) in [5.41, 5.74) is 1.01. The first kappa shape index (κ1) is 13.2. The van der Waals surface area contributed by atoms with Crippen molar-refractivity contribution in [3.63, 3.8) is 0 Å². The Morgan fingerprint density at radius 2 is 1.95 bits per heavy atom. The van der Waals surface area contributed by atoms with Crippen molar-refractivity contribution >= 4 is 29.4 Å². The van der Waals surface area contributed by atoms with Crippen LogP contribution in [0.4, 0.5) is 0 Å². The minimum atomic E-state index is 0.179. The van der Waals surface area contributed by atoms with E-state index in [2.05, 4.69) is 0 Å². The summed E-state index contributed by atoms with van der Waals surface area (Å²) in [6, 6.07) is 10.8. The van der Waals surface area contributed by atoms with Gasteiger partial charge in [-0.1, -0.05) is 29.4 Å². The van der Waals surface area contributed by atoms with Crippen LogP contribution in [0.1, 0.15) is 5.56 Å². The summed E-state index contributed by atoms with van der Waals surface area (Å²) in [5.74, 6) is 1.70. The van der Waals surface area contributed by atoms with Crippen molar-refractivity contribution in [3.8, 4) is 17.2 Å². The fourth-order valence-corrected chi connectivity index (χ4v) is 2.66. The second kappa shape index (κ2) is 5.69. The SMILES string of the molecule is Oc1cc(Cl)ccc1S/C=C/c1ccc2c(c1)OCO2. The maximum atomic E-state index is 9.74. The number of thioether (sulfide) groups is 1. The molecule has 1 aliphatic heterocycles. The van der Waals surface area contributed by atoms with Crippen molar-refractivity contribution in [2.24, 2.45) is 0 Å². The predicted octanol–water partition coefficient (Wildman–Crippen LogP) is 4.54. The Bertz CT molecular complexity index is 670. The van der Waals surface area contributed by atoms with E-state index < -0.39 is 0 Å². The fraction of sp³-hybridized carbons (Fsp3) is 0.0667. The molecule has 20 heavy (non-hydrogen) atoms. The molecule has 0 radical (unpaired) electrons. The molecule has 0 saturated carbocycles. The average Bonchev–Trinajstić information content (AvgIpc) is 2.89. The minimum Gasteiger partial charge on any atom is -0.507 e. The molecule has 0 saturated heterocycles. The van der Waals surface area contributed by atoms with Crippen LogP contribution in [0.15, 0.2) is 46.7 Å². The first-order valence-corrected chi connectivity index (χ1v) is 7.19. The van der Waals surface area contributed by atoms with Crippen molar-refractivity contribution in [3.05, 3.63) is 52.4 Å². The van der Waals surface area contributed by atoms with Crippen LogP contribution in [0, 0.1) is 0 Å². The quantitative estimate of drug-likeness (QED) is 0.845. The Kier molecular flexibility index (Phi) is 3.76. The van der Waals surface area contributed by atoms with Crippen LogP contribution in [0.25, 0.3) is 6.08 Å². The van der Waals surface area contributed by atoms with Gasteiger partial charge >= 0.3 is 0 Å². The van der Waals surface area contributed by atoms with E-state index in [0.29, 0.717) is 5.02 Å². The molecular formula is C15H11ClO3S. The molecule has 1 heterocycles. The second-order valence-electron chi connectivity index (χ2n) is 4.15. The van der Waals surface area contributed by atoms with E-state index in [1.807, 2.05) is 29.7 Å². The van der Waals surface area contributed by atoms with E-state index >= 15 is 0 Å². The number of rotatable bonds is 3. The molecule has 0 unspecified atom stereocenters. The number of hydrogen-bond donors (Lipinski definition) is 1. The smallest absolute Gasteiger partial charge is 0.231 e. The summed E-state index contributed by atoms with van der Waals surface area (Å²) in [7, 11) is 0. The number of phenolic OH excluding ortho intramolecular Hbond substituents is 1. The highest BCUT2D eigenvalue weighted by molar-refractivity contribution is 8.02. The van der Waals surface area contributed by atoms with Gasteiger partial charge in [-0.05, 0) is 47.4 Å². The zero-order valence-electron chi connectivity index (χ0n) is 10.4. The average molecular weight is 307 g/mol. The maximum absolute atomic E-state index is 9.74. The van der Waals surface area contributed by atoms with Crippen molar-refractivity contribution in [2.45, 2.75) is 4.90 Å². The van der Waals surface area contributed by atoms with Gasteiger partial charge in [0, 0.05) is 5.02 Å². The van der Waals surface area contributed by atoms with Crippen LogP contribution in [-0.4, -0.2) is 11.9 Å². The van der Waals surface area contributed by atoms with E-state index in [4.69, 9.17) is 21.1 Å². The number of halogens is 1. The second-order valence-corrected chi connectivity index (χ2v) is 5.53. The van der Waals surface area contributed by atoms with Gasteiger partial charge in [-0.15, -0.1) is 0 Å². The van der Waals surface area contributed by atoms with Crippen molar-refractivity contribution in [1.29, 1.82) is 0 Å². The van der Waals surface area contributed by atoms with Gasteiger partial charge in [-0.3, -0.25) is 0 Å². The van der Waals surface area contributed by atoms with E-state index in [0.717, 1.165) is 22.0 Å². The summed E-state index contributed by atoms with van der Waals surface area (Å²) < 4.78 is 10.6. The monoisotopic (exact) mass is 306 g/mol. The number of aromatic hydroxyl groups is 1. The van der Waals surface area contributed by atoms with E-state index in [1.54, 1.807) is 12.1 Å².